The van der Waals surface area contributed by atoms with Crippen molar-refractivity contribution in [3.63, 3.8) is 0 Å². The van der Waals surface area contributed by atoms with Gasteiger partial charge in [-0.2, -0.15) is 0 Å². The molecule has 4 heteroatoms. The predicted molar refractivity (Wildman–Crippen MR) is 54.9 cm³/mol. The van der Waals surface area contributed by atoms with Crippen molar-refractivity contribution < 1.29 is 9.53 Å². The number of ether oxygens (including phenoxy) is 1. The molecule has 0 saturated carbocycles. The molecule has 2 rings (SSSR count). The van der Waals surface area contributed by atoms with Crippen molar-refractivity contribution in [3.8, 4) is 11.4 Å². The molecule has 0 spiro atoms. The Morgan fingerprint density at radius 1 is 1.47 bits per heavy atom. The fraction of sp³-hybridized carbons (Fsp3) is 0.0909. The molecule has 0 atom stereocenters. The number of pyridine rings is 1. The summed E-state index contributed by atoms with van der Waals surface area (Å²) in [6, 6.07) is 5.50. The molecular weight excluding hydrogens is 192 g/mol. The van der Waals surface area contributed by atoms with Crippen molar-refractivity contribution in [2.75, 3.05) is 0 Å². The highest BCUT2D eigenvalue weighted by molar-refractivity contribution is 5.69. The zero-order chi connectivity index (χ0) is 10.7. The summed E-state index contributed by atoms with van der Waals surface area (Å²) < 4.78 is 6.77. The second kappa shape index (κ2) is 3.96. The van der Waals surface area contributed by atoms with E-state index in [1.807, 2.05) is 22.9 Å². The maximum Gasteiger partial charge on any atom is 0.308 e. The van der Waals surface area contributed by atoms with E-state index in [-0.39, 0.29) is 5.97 Å². The van der Waals surface area contributed by atoms with Crippen LogP contribution in [0.15, 0.2) is 43.0 Å². The van der Waals surface area contributed by atoms with E-state index in [0.717, 1.165) is 5.69 Å². The van der Waals surface area contributed by atoms with Crippen molar-refractivity contribution in [2.24, 2.45) is 0 Å². The van der Waals surface area contributed by atoms with Gasteiger partial charge in [0, 0.05) is 19.3 Å². The van der Waals surface area contributed by atoms with Gasteiger partial charge in [0.25, 0.3) is 0 Å². The fourth-order valence-corrected chi connectivity index (χ4v) is 1.27. The van der Waals surface area contributed by atoms with Gasteiger partial charge in [0.15, 0.2) is 0 Å². The largest absolute Gasteiger partial charge is 0.425 e. The number of rotatable bonds is 2. The number of carbonyl (C=O) groups excluding carboxylic acids is 1. The standard InChI is InChI=1S/C11H10N2O2/c1-9(14)15-11-4-6-13(8-11)10-3-2-5-12-7-10/h2-8H,1H3. The molecule has 2 heterocycles. The molecule has 0 unspecified atom stereocenters. The smallest absolute Gasteiger partial charge is 0.308 e. The van der Waals surface area contributed by atoms with Gasteiger partial charge in [0.1, 0.15) is 5.75 Å². The van der Waals surface area contributed by atoms with Crippen molar-refractivity contribution in [1.82, 2.24) is 9.55 Å². The van der Waals surface area contributed by atoms with Gasteiger partial charge in [-0.1, -0.05) is 0 Å². The van der Waals surface area contributed by atoms with Crippen LogP contribution in [0.2, 0.25) is 0 Å². The third kappa shape index (κ3) is 2.22. The van der Waals surface area contributed by atoms with Gasteiger partial charge < -0.3 is 9.30 Å². The van der Waals surface area contributed by atoms with E-state index in [1.54, 1.807) is 24.7 Å². The van der Waals surface area contributed by atoms with Gasteiger partial charge in [-0.3, -0.25) is 9.78 Å². The first-order valence-electron chi connectivity index (χ1n) is 4.52. The fourth-order valence-electron chi connectivity index (χ4n) is 1.27. The van der Waals surface area contributed by atoms with E-state index in [1.165, 1.54) is 6.92 Å². The van der Waals surface area contributed by atoms with Crippen molar-refractivity contribution >= 4 is 5.97 Å². The summed E-state index contributed by atoms with van der Waals surface area (Å²) in [4.78, 5) is 14.7. The van der Waals surface area contributed by atoms with Gasteiger partial charge in [-0.05, 0) is 18.2 Å². The van der Waals surface area contributed by atoms with Crippen LogP contribution in [0.25, 0.3) is 5.69 Å². The first-order chi connectivity index (χ1) is 7.25. The van der Waals surface area contributed by atoms with Crippen molar-refractivity contribution in [3.05, 3.63) is 43.0 Å². The second-order valence-electron chi connectivity index (χ2n) is 3.06. The van der Waals surface area contributed by atoms with Gasteiger partial charge in [-0.15, -0.1) is 0 Å². The Hall–Kier alpha value is -2.10. The third-order valence-corrected chi connectivity index (χ3v) is 1.87. The molecule has 2 aromatic rings. The summed E-state index contributed by atoms with van der Waals surface area (Å²) in [5.74, 6) is 0.213. The topological polar surface area (TPSA) is 44.1 Å². The highest BCUT2D eigenvalue weighted by Gasteiger charge is 2.01. The molecule has 0 saturated heterocycles. The Kier molecular flexibility index (Phi) is 2.49. The third-order valence-electron chi connectivity index (χ3n) is 1.87. The molecule has 0 aliphatic carbocycles. The van der Waals surface area contributed by atoms with Crippen LogP contribution in [0.3, 0.4) is 0 Å². The molecule has 0 radical (unpaired) electrons. The number of esters is 1. The maximum absolute atomic E-state index is 10.7. The lowest BCUT2D eigenvalue weighted by molar-refractivity contribution is -0.131. The number of hydrogen-bond donors (Lipinski definition) is 0. The molecule has 15 heavy (non-hydrogen) atoms. The minimum absolute atomic E-state index is 0.320. The van der Waals surface area contributed by atoms with Gasteiger partial charge >= 0.3 is 5.97 Å². The Balaban J connectivity index is 2.24. The second-order valence-corrected chi connectivity index (χ2v) is 3.06. The lowest BCUT2D eigenvalue weighted by Gasteiger charge is -2.00. The molecule has 4 nitrogen and oxygen atoms in total. The first kappa shape index (κ1) is 9.45. The van der Waals surface area contributed by atoms with Gasteiger partial charge in [-0.25, -0.2) is 0 Å². The monoisotopic (exact) mass is 202 g/mol. The van der Waals surface area contributed by atoms with Crippen LogP contribution in [0, 0.1) is 0 Å². The molecule has 0 fully saturated rings. The zero-order valence-corrected chi connectivity index (χ0v) is 8.25. The van der Waals surface area contributed by atoms with Gasteiger partial charge in [0.05, 0.1) is 18.1 Å². The summed E-state index contributed by atoms with van der Waals surface area (Å²) in [5, 5.41) is 0. The average Bonchev–Trinajstić information content (AvgIpc) is 2.67. The van der Waals surface area contributed by atoms with Gasteiger partial charge in [0.2, 0.25) is 0 Å². The summed E-state index contributed by atoms with van der Waals surface area (Å²) in [5.41, 5.74) is 0.927. The van der Waals surface area contributed by atoms with Crippen LogP contribution in [0.5, 0.6) is 5.75 Å². The van der Waals surface area contributed by atoms with Crippen LogP contribution in [-0.2, 0) is 4.79 Å². The maximum atomic E-state index is 10.7. The van der Waals surface area contributed by atoms with E-state index in [4.69, 9.17) is 4.74 Å². The normalized spacial score (nSPS) is 9.93. The first-order valence-corrected chi connectivity index (χ1v) is 4.52. The predicted octanol–water partition coefficient (Wildman–Crippen LogP) is 1.80. The van der Waals surface area contributed by atoms with Crippen molar-refractivity contribution in [1.29, 1.82) is 0 Å². The summed E-state index contributed by atoms with van der Waals surface area (Å²) in [7, 11) is 0. The SMILES string of the molecule is CC(=O)Oc1ccn(-c2cccnc2)c1. The van der Waals surface area contributed by atoms with Crippen LogP contribution in [-0.4, -0.2) is 15.5 Å². The summed E-state index contributed by atoms with van der Waals surface area (Å²) in [6.07, 6.45) is 6.99. The minimum atomic E-state index is -0.320. The quantitative estimate of drug-likeness (QED) is 0.697. The van der Waals surface area contributed by atoms with Crippen molar-refractivity contribution in [2.45, 2.75) is 6.92 Å². The molecule has 76 valence electrons. The minimum Gasteiger partial charge on any atom is -0.425 e. The molecule has 0 bridgehead atoms. The highest BCUT2D eigenvalue weighted by Crippen LogP contribution is 2.15. The Morgan fingerprint density at radius 2 is 2.33 bits per heavy atom. The molecule has 0 aliphatic heterocycles. The Bertz CT molecular complexity index is 462. The molecule has 0 N–H and O–H groups in total. The summed E-state index contributed by atoms with van der Waals surface area (Å²) >= 11 is 0. The lowest BCUT2D eigenvalue weighted by Crippen LogP contribution is -2.00. The number of aromatic nitrogens is 2. The molecule has 0 aliphatic rings. The Morgan fingerprint density at radius 3 is 3.00 bits per heavy atom. The van der Waals surface area contributed by atoms with Crippen LogP contribution < -0.4 is 4.74 Å². The molecular formula is C11H10N2O2. The van der Waals surface area contributed by atoms with E-state index >= 15 is 0 Å². The summed E-state index contributed by atoms with van der Waals surface area (Å²) in [6.45, 7) is 1.38. The lowest BCUT2D eigenvalue weighted by atomic mass is 10.4. The Labute approximate surface area is 87.1 Å². The average molecular weight is 202 g/mol. The molecule has 2 aromatic heterocycles. The number of nitrogens with zero attached hydrogens (tertiary/aromatic N) is 2. The van der Waals surface area contributed by atoms with E-state index in [9.17, 15) is 4.79 Å². The molecule has 0 aromatic carbocycles. The number of hydrogen-bond acceptors (Lipinski definition) is 3. The van der Waals surface area contributed by atoms with E-state index in [2.05, 4.69) is 4.98 Å². The molecule has 0 amide bonds. The number of carbonyl (C=O) groups is 1. The van der Waals surface area contributed by atoms with Crippen LogP contribution in [0.4, 0.5) is 0 Å². The zero-order valence-electron chi connectivity index (χ0n) is 8.25. The highest BCUT2D eigenvalue weighted by atomic mass is 16.5. The van der Waals surface area contributed by atoms with E-state index < -0.39 is 0 Å². The van der Waals surface area contributed by atoms with Crippen LogP contribution >= 0.6 is 0 Å². The van der Waals surface area contributed by atoms with E-state index in [0.29, 0.717) is 5.75 Å². The van der Waals surface area contributed by atoms with Crippen LogP contribution in [0.1, 0.15) is 6.92 Å².